The Bertz CT molecular complexity index is 1460. The third-order valence-electron chi connectivity index (χ3n) is 6.07. The van der Waals surface area contributed by atoms with Crippen molar-refractivity contribution in [3.05, 3.63) is 96.2 Å². The molecule has 4 rings (SSSR count). The summed E-state index contributed by atoms with van der Waals surface area (Å²) in [5.74, 6) is 0.560. The van der Waals surface area contributed by atoms with Gasteiger partial charge in [-0.2, -0.15) is 0 Å². The quantitative estimate of drug-likeness (QED) is 0.345. The fraction of sp³-hybridized carbons (Fsp3) is 0.321. The summed E-state index contributed by atoms with van der Waals surface area (Å²) in [6.45, 7) is 6.43. The first-order valence-corrected chi connectivity index (χ1v) is 12.6. The van der Waals surface area contributed by atoms with Crippen molar-refractivity contribution in [2.24, 2.45) is 4.99 Å². The van der Waals surface area contributed by atoms with Gasteiger partial charge in [0, 0.05) is 7.11 Å². The molecule has 1 aliphatic rings. The molecule has 0 N–H and O–H groups in total. The van der Waals surface area contributed by atoms with E-state index in [4.69, 9.17) is 14.2 Å². The minimum Gasteiger partial charge on any atom is -0.497 e. The van der Waals surface area contributed by atoms with Gasteiger partial charge in [0.2, 0.25) is 0 Å². The van der Waals surface area contributed by atoms with Gasteiger partial charge >= 0.3 is 5.97 Å². The zero-order valence-electron chi connectivity index (χ0n) is 21.1. The smallest absolute Gasteiger partial charge is 0.338 e. The highest BCUT2D eigenvalue weighted by atomic mass is 32.1. The third-order valence-corrected chi connectivity index (χ3v) is 7.06. The molecule has 0 aliphatic carbocycles. The predicted octanol–water partition coefficient (Wildman–Crippen LogP) is 3.56. The van der Waals surface area contributed by atoms with Crippen LogP contribution < -0.4 is 19.6 Å². The van der Waals surface area contributed by atoms with E-state index in [0.29, 0.717) is 32.3 Å². The van der Waals surface area contributed by atoms with Crippen LogP contribution in [0.25, 0.3) is 6.08 Å². The number of carbonyl (C=O) groups is 1. The molecule has 2 heterocycles. The van der Waals surface area contributed by atoms with E-state index in [9.17, 15) is 9.59 Å². The number of ether oxygens (including phenoxy) is 3. The van der Waals surface area contributed by atoms with Crippen LogP contribution in [0, 0.1) is 0 Å². The molecule has 0 saturated carbocycles. The molecule has 0 saturated heterocycles. The van der Waals surface area contributed by atoms with Crippen LogP contribution in [0.4, 0.5) is 0 Å². The lowest BCUT2D eigenvalue weighted by molar-refractivity contribution is -0.140. The van der Waals surface area contributed by atoms with Gasteiger partial charge in [-0.05, 0) is 47.7 Å². The van der Waals surface area contributed by atoms with Crippen LogP contribution in [0.5, 0.6) is 5.75 Å². The van der Waals surface area contributed by atoms with Crippen LogP contribution in [-0.2, 0) is 14.3 Å². The highest BCUT2D eigenvalue weighted by Crippen LogP contribution is 2.31. The van der Waals surface area contributed by atoms with Crippen molar-refractivity contribution in [3.8, 4) is 5.75 Å². The molecule has 0 radical (unpaired) electrons. The summed E-state index contributed by atoms with van der Waals surface area (Å²) in [5, 5.41) is 0. The lowest BCUT2D eigenvalue weighted by Crippen LogP contribution is -2.40. The van der Waals surface area contributed by atoms with E-state index in [0.717, 1.165) is 11.1 Å². The molecule has 1 aliphatic heterocycles. The van der Waals surface area contributed by atoms with Crippen LogP contribution in [0.1, 0.15) is 49.4 Å². The number of benzene rings is 2. The largest absolute Gasteiger partial charge is 0.497 e. The molecule has 0 spiro atoms. The number of fused-ring (bicyclic) bond motifs is 1. The lowest BCUT2D eigenvalue weighted by atomic mass is 9.93. The number of methoxy groups -OCH3 is 2. The summed E-state index contributed by atoms with van der Waals surface area (Å²) < 4.78 is 17.9. The molecule has 1 unspecified atom stereocenters. The first-order valence-electron chi connectivity index (χ1n) is 11.8. The van der Waals surface area contributed by atoms with E-state index in [1.807, 2.05) is 54.6 Å². The second kappa shape index (κ2) is 11.1. The summed E-state index contributed by atoms with van der Waals surface area (Å²) >= 11 is 1.30. The molecule has 1 aromatic heterocycles. The van der Waals surface area contributed by atoms with Gasteiger partial charge in [-0.25, -0.2) is 9.79 Å². The third kappa shape index (κ3) is 5.20. The summed E-state index contributed by atoms with van der Waals surface area (Å²) in [6, 6.07) is 14.9. The number of rotatable bonds is 8. The maximum Gasteiger partial charge on any atom is 0.338 e. The zero-order valence-corrected chi connectivity index (χ0v) is 21.9. The summed E-state index contributed by atoms with van der Waals surface area (Å²) in [6.07, 6.45) is 1.82. The van der Waals surface area contributed by atoms with Crippen molar-refractivity contribution in [2.75, 3.05) is 27.4 Å². The Morgan fingerprint density at radius 2 is 1.89 bits per heavy atom. The normalized spacial score (nSPS) is 15.6. The van der Waals surface area contributed by atoms with Gasteiger partial charge in [0.1, 0.15) is 12.4 Å². The molecule has 188 valence electrons. The van der Waals surface area contributed by atoms with Gasteiger partial charge in [0.15, 0.2) is 4.80 Å². The maximum absolute atomic E-state index is 13.7. The van der Waals surface area contributed by atoms with Gasteiger partial charge in [-0.1, -0.05) is 61.6 Å². The topological polar surface area (TPSA) is 79.1 Å². The van der Waals surface area contributed by atoms with Crippen LogP contribution in [0.3, 0.4) is 0 Å². The van der Waals surface area contributed by atoms with Crippen molar-refractivity contribution in [1.82, 2.24) is 4.57 Å². The highest BCUT2D eigenvalue weighted by Gasteiger charge is 2.33. The summed E-state index contributed by atoms with van der Waals surface area (Å²) in [7, 11) is 3.15. The van der Waals surface area contributed by atoms with Gasteiger partial charge in [-0.15, -0.1) is 0 Å². The highest BCUT2D eigenvalue weighted by molar-refractivity contribution is 7.07. The minimum atomic E-state index is -0.648. The molecule has 8 heteroatoms. The molecule has 0 amide bonds. The SMILES string of the molecule is COCCOC(=O)C1=C(C)N=c2sc(=Cc3cccc(OC)c3)c(=O)n2C1c1ccc(C(C)C)cc1. The number of esters is 1. The number of hydrogen-bond acceptors (Lipinski definition) is 7. The molecule has 0 fully saturated rings. The molecule has 36 heavy (non-hydrogen) atoms. The number of nitrogens with zero attached hydrogens (tertiary/aromatic N) is 2. The fourth-order valence-electron chi connectivity index (χ4n) is 4.14. The second-order valence-corrected chi connectivity index (χ2v) is 9.82. The van der Waals surface area contributed by atoms with Crippen LogP contribution >= 0.6 is 11.3 Å². The van der Waals surface area contributed by atoms with Crippen LogP contribution in [0.2, 0.25) is 0 Å². The van der Waals surface area contributed by atoms with Crippen molar-refractivity contribution < 1.29 is 19.0 Å². The summed E-state index contributed by atoms with van der Waals surface area (Å²) in [4.78, 5) is 32.1. The van der Waals surface area contributed by atoms with Gasteiger partial charge < -0.3 is 14.2 Å². The van der Waals surface area contributed by atoms with Crippen molar-refractivity contribution in [1.29, 1.82) is 0 Å². The Kier molecular flexibility index (Phi) is 7.86. The van der Waals surface area contributed by atoms with Crippen molar-refractivity contribution >= 4 is 23.4 Å². The average Bonchev–Trinajstić information content (AvgIpc) is 3.17. The van der Waals surface area contributed by atoms with E-state index in [2.05, 4.69) is 18.8 Å². The Morgan fingerprint density at radius 3 is 2.56 bits per heavy atom. The van der Waals surface area contributed by atoms with Crippen LogP contribution in [0.15, 0.2) is 69.6 Å². The zero-order chi connectivity index (χ0) is 25.8. The monoisotopic (exact) mass is 506 g/mol. The van der Waals surface area contributed by atoms with E-state index >= 15 is 0 Å². The molecule has 2 aromatic carbocycles. The molecule has 7 nitrogen and oxygen atoms in total. The van der Waals surface area contributed by atoms with E-state index in [1.165, 1.54) is 16.9 Å². The molecule has 3 aromatic rings. The second-order valence-electron chi connectivity index (χ2n) is 8.81. The van der Waals surface area contributed by atoms with Crippen molar-refractivity contribution in [3.63, 3.8) is 0 Å². The Labute approximate surface area is 214 Å². The number of allylic oxidation sites excluding steroid dienone is 1. The number of carbonyl (C=O) groups excluding carboxylic acids is 1. The van der Waals surface area contributed by atoms with E-state index in [-0.39, 0.29) is 18.8 Å². The van der Waals surface area contributed by atoms with Gasteiger partial charge in [0.05, 0.1) is 35.6 Å². The summed E-state index contributed by atoms with van der Waals surface area (Å²) in [5.41, 5.74) is 3.50. The average molecular weight is 507 g/mol. The molecular formula is C28H30N2O5S. The molecular weight excluding hydrogens is 476 g/mol. The fourth-order valence-corrected chi connectivity index (χ4v) is 5.19. The van der Waals surface area contributed by atoms with Crippen molar-refractivity contribution in [2.45, 2.75) is 32.7 Å². The number of hydrogen-bond donors (Lipinski definition) is 0. The standard InChI is InChI=1S/C28H30N2O5S/c1-17(2)20-9-11-21(12-10-20)25-24(27(32)35-14-13-33-4)18(3)29-28-30(25)26(31)23(36-28)16-19-7-6-8-22(15-19)34-5/h6-12,15-17,25H,13-14H2,1-5H3. The first kappa shape index (κ1) is 25.6. The maximum atomic E-state index is 13.7. The first-order chi connectivity index (χ1) is 17.3. The lowest BCUT2D eigenvalue weighted by Gasteiger charge is -2.25. The van der Waals surface area contributed by atoms with Gasteiger partial charge in [-0.3, -0.25) is 9.36 Å². The van der Waals surface area contributed by atoms with E-state index in [1.54, 1.807) is 25.7 Å². The molecule has 0 bridgehead atoms. The van der Waals surface area contributed by atoms with Crippen LogP contribution in [-0.4, -0.2) is 38.0 Å². The Balaban J connectivity index is 1.87. The Morgan fingerprint density at radius 1 is 1.14 bits per heavy atom. The van der Waals surface area contributed by atoms with E-state index < -0.39 is 12.0 Å². The van der Waals surface area contributed by atoms with Gasteiger partial charge in [0.25, 0.3) is 5.56 Å². The number of aromatic nitrogens is 1. The minimum absolute atomic E-state index is 0.116. The Hall–Kier alpha value is -3.49. The number of thiazole rings is 1. The predicted molar refractivity (Wildman–Crippen MR) is 140 cm³/mol. The molecule has 1 atom stereocenters.